The van der Waals surface area contributed by atoms with Crippen molar-refractivity contribution in [2.75, 3.05) is 5.32 Å². The molecule has 5 nitrogen and oxygen atoms in total. The first kappa shape index (κ1) is 20.0. The molecule has 0 saturated heterocycles. The van der Waals surface area contributed by atoms with E-state index < -0.39 is 10.0 Å². The van der Waals surface area contributed by atoms with E-state index >= 15 is 0 Å². The highest BCUT2D eigenvalue weighted by Crippen LogP contribution is 2.21. The van der Waals surface area contributed by atoms with Crippen LogP contribution in [0.2, 0.25) is 0 Å². The Morgan fingerprint density at radius 1 is 0.963 bits per heavy atom. The zero-order valence-corrected chi connectivity index (χ0v) is 17.4. The Bertz CT molecular complexity index is 874. The van der Waals surface area contributed by atoms with E-state index in [1.54, 1.807) is 12.1 Å². The average Bonchev–Trinajstić information content (AvgIpc) is 2.64. The Hall–Kier alpha value is -1.70. The number of sulfonamides is 1. The number of benzene rings is 2. The minimum absolute atomic E-state index is 0.0223. The van der Waals surface area contributed by atoms with E-state index in [1.165, 1.54) is 18.6 Å². The van der Waals surface area contributed by atoms with Crippen molar-refractivity contribution in [3.8, 4) is 0 Å². The lowest BCUT2D eigenvalue weighted by molar-refractivity contribution is -0.115. The maximum Gasteiger partial charge on any atom is 0.240 e. The molecule has 2 aromatic carbocycles. The van der Waals surface area contributed by atoms with E-state index in [0.717, 1.165) is 35.7 Å². The lowest BCUT2D eigenvalue weighted by Gasteiger charge is -2.22. The molecule has 0 aliphatic heterocycles. The molecule has 1 saturated carbocycles. The van der Waals surface area contributed by atoms with Crippen LogP contribution in [0.1, 0.15) is 37.7 Å². The van der Waals surface area contributed by atoms with Gasteiger partial charge in [-0.25, -0.2) is 13.1 Å². The molecular weight excluding hydrogens is 428 g/mol. The lowest BCUT2D eigenvalue weighted by Crippen LogP contribution is -2.36. The number of hydrogen-bond acceptors (Lipinski definition) is 3. The smallest absolute Gasteiger partial charge is 0.240 e. The quantitative estimate of drug-likeness (QED) is 0.690. The largest absolute Gasteiger partial charge is 0.326 e. The number of halogens is 1. The summed E-state index contributed by atoms with van der Waals surface area (Å²) in [7, 11) is -3.52. The average molecular weight is 451 g/mol. The fourth-order valence-corrected chi connectivity index (χ4v) is 4.79. The molecule has 0 radical (unpaired) electrons. The standard InChI is InChI=1S/C20H23BrN2O3S/c21-16-8-6-15(7-9-16)14-20(24)22-17-10-12-19(13-11-17)27(25,26)23-18-4-2-1-3-5-18/h6-13,18,23H,1-5,14H2,(H,22,24). The van der Waals surface area contributed by atoms with E-state index in [9.17, 15) is 13.2 Å². The summed E-state index contributed by atoms with van der Waals surface area (Å²) in [5.74, 6) is -0.145. The van der Waals surface area contributed by atoms with E-state index in [4.69, 9.17) is 0 Å². The minimum Gasteiger partial charge on any atom is -0.326 e. The molecule has 0 heterocycles. The van der Waals surface area contributed by atoms with Crippen molar-refractivity contribution in [3.63, 3.8) is 0 Å². The van der Waals surface area contributed by atoms with Gasteiger partial charge in [0.25, 0.3) is 0 Å². The summed E-state index contributed by atoms with van der Waals surface area (Å²) in [6.45, 7) is 0. The van der Waals surface area contributed by atoms with Gasteiger partial charge in [-0.2, -0.15) is 0 Å². The molecule has 7 heteroatoms. The molecule has 2 N–H and O–H groups in total. The van der Waals surface area contributed by atoms with Gasteiger partial charge in [-0.1, -0.05) is 47.3 Å². The predicted molar refractivity (Wildman–Crippen MR) is 110 cm³/mol. The predicted octanol–water partition coefficient (Wildman–Crippen LogP) is 4.24. The Morgan fingerprint density at radius 3 is 2.22 bits per heavy atom. The SMILES string of the molecule is O=C(Cc1ccc(Br)cc1)Nc1ccc(S(=O)(=O)NC2CCCCC2)cc1. The van der Waals surface area contributed by atoms with Crippen LogP contribution >= 0.6 is 15.9 Å². The first-order valence-electron chi connectivity index (χ1n) is 9.09. The fraction of sp³-hybridized carbons (Fsp3) is 0.350. The van der Waals surface area contributed by atoms with Crippen LogP contribution in [-0.2, 0) is 21.2 Å². The van der Waals surface area contributed by atoms with Crippen molar-refractivity contribution < 1.29 is 13.2 Å². The van der Waals surface area contributed by atoms with Gasteiger partial charge in [-0.15, -0.1) is 0 Å². The number of carbonyl (C=O) groups is 1. The summed E-state index contributed by atoms with van der Waals surface area (Å²) in [5.41, 5.74) is 1.49. The van der Waals surface area contributed by atoms with Gasteiger partial charge in [-0.3, -0.25) is 4.79 Å². The van der Waals surface area contributed by atoms with Crippen LogP contribution in [0.25, 0.3) is 0 Å². The third-order valence-electron chi connectivity index (χ3n) is 4.65. The molecule has 0 spiro atoms. The first-order valence-corrected chi connectivity index (χ1v) is 11.4. The van der Waals surface area contributed by atoms with Crippen molar-refractivity contribution in [1.29, 1.82) is 0 Å². The highest BCUT2D eigenvalue weighted by atomic mass is 79.9. The maximum absolute atomic E-state index is 12.5. The van der Waals surface area contributed by atoms with Crippen molar-refractivity contribution in [2.45, 2.75) is 49.5 Å². The molecule has 3 rings (SSSR count). The molecule has 2 aromatic rings. The normalized spacial score (nSPS) is 15.4. The highest BCUT2D eigenvalue weighted by Gasteiger charge is 2.21. The lowest BCUT2D eigenvalue weighted by atomic mass is 9.96. The summed E-state index contributed by atoms with van der Waals surface area (Å²) in [5, 5.41) is 2.80. The van der Waals surface area contributed by atoms with Crippen LogP contribution in [0.5, 0.6) is 0 Å². The third kappa shape index (κ3) is 5.89. The highest BCUT2D eigenvalue weighted by molar-refractivity contribution is 9.10. The number of nitrogens with one attached hydrogen (secondary N) is 2. The number of amides is 1. The second-order valence-corrected chi connectivity index (χ2v) is 9.46. The van der Waals surface area contributed by atoms with Crippen molar-refractivity contribution in [1.82, 2.24) is 4.72 Å². The van der Waals surface area contributed by atoms with E-state index in [0.29, 0.717) is 5.69 Å². The molecule has 1 aliphatic rings. The van der Waals surface area contributed by atoms with E-state index in [2.05, 4.69) is 26.0 Å². The number of hydrogen-bond donors (Lipinski definition) is 2. The molecule has 1 fully saturated rings. The van der Waals surface area contributed by atoms with Gasteiger partial charge in [0.1, 0.15) is 0 Å². The zero-order chi connectivity index (χ0) is 19.3. The minimum atomic E-state index is -3.52. The van der Waals surface area contributed by atoms with Crippen molar-refractivity contribution >= 4 is 37.5 Å². The second-order valence-electron chi connectivity index (χ2n) is 6.83. The fourth-order valence-electron chi connectivity index (χ4n) is 3.22. The van der Waals surface area contributed by atoms with E-state index in [1.807, 2.05) is 24.3 Å². The Kier molecular flexibility index (Phi) is 6.68. The Labute approximate surface area is 168 Å². The summed E-state index contributed by atoms with van der Waals surface area (Å²) < 4.78 is 28.8. The van der Waals surface area contributed by atoms with Crippen LogP contribution in [0, 0.1) is 0 Å². The first-order chi connectivity index (χ1) is 12.9. The van der Waals surface area contributed by atoms with Crippen LogP contribution in [0.3, 0.4) is 0 Å². The van der Waals surface area contributed by atoms with Crippen LogP contribution < -0.4 is 10.0 Å². The summed E-state index contributed by atoms with van der Waals surface area (Å²) >= 11 is 3.36. The third-order valence-corrected chi connectivity index (χ3v) is 6.72. The molecular formula is C20H23BrN2O3S. The van der Waals surface area contributed by atoms with Gasteiger partial charge in [0.2, 0.25) is 15.9 Å². The van der Waals surface area contributed by atoms with Gasteiger partial charge in [0.15, 0.2) is 0 Å². The maximum atomic E-state index is 12.5. The molecule has 0 atom stereocenters. The van der Waals surface area contributed by atoms with Crippen LogP contribution in [-0.4, -0.2) is 20.4 Å². The van der Waals surface area contributed by atoms with Gasteiger partial charge in [0.05, 0.1) is 11.3 Å². The van der Waals surface area contributed by atoms with Gasteiger partial charge in [-0.05, 0) is 54.8 Å². The van der Waals surface area contributed by atoms with Crippen molar-refractivity contribution in [2.24, 2.45) is 0 Å². The molecule has 27 heavy (non-hydrogen) atoms. The molecule has 1 aliphatic carbocycles. The number of carbonyl (C=O) groups excluding carboxylic acids is 1. The summed E-state index contributed by atoms with van der Waals surface area (Å²) in [6.07, 6.45) is 5.35. The van der Waals surface area contributed by atoms with Gasteiger partial charge in [0, 0.05) is 16.2 Å². The summed E-state index contributed by atoms with van der Waals surface area (Å²) in [4.78, 5) is 12.4. The Morgan fingerprint density at radius 2 is 1.59 bits per heavy atom. The van der Waals surface area contributed by atoms with Gasteiger partial charge < -0.3 is 5.32 Å². The number of anilines is 1. The van der Waals surface area contributed by atoms with E-state index in [-0.39, 0.29) is 23.3 Å². The van der Waals surface area contributed by atoms with Crippen LogP contribution in [0.15, 0.2) is 57.9 Å². The second kappa shape index (κ2) is 8.99. The summed E-state index contributed by atoms with van der Waals surface area (Å²) in [6, 6.07) is 13.9. The molecule has 1 amide bonds. The van der Waals surface area contributed by atoms with Crippen LogP contribution in [0.4, 0.5) is 5.69 Å². The molecule has 0 unspecified atom stereocenters. The number of rotatable bonds is 6. The van der Waals surface area contributed by atoms with Crippen molar-refractivity contribution in [3.05, 3.63) is 58.6 Å². The molecule has 0 aromatic heterocycles. The monoisotopic (exact) mass is 450 g/mol. The molecule has 144 valence electrons. The topological polar surface area (TPSA) is 75.3 Å². The molecule has 0 bridgehead atoms. The zero-order valence-electron chi connectivity index (χ0n) is 14.9. The van der Waals surface area contributed by atoms with Gasteiger partial charge >= 0.3 is 0 Å². The Balaban J connectivity index is 1.59.